The fourth-order valence-electron chi connectivity index (χ4n) is 2.74. The zero-order chi connectivity index (χ0) is 14.2. The zero-order valence-electron chi connectivity index (χ0n) is 11.5. The lowest BCUT2D eigenvalue weighted by atomic mass is 10.1. The van der Waals surface area contributed by atoms with Crippen molar-refractivity contribution in [2.75, 3.05) is 0 Å². The molecule has 104 valence electrons. The van der Waals surface area contributed by atoms with Crippen molar-refractivity contribution in [3.63, 3.8) is 0 Å². The van der Waals surface area contributed by atoms with E-state index in [1.807, 2.05) is 6.07 Å². The monoisotopic (exact) mass is 293 g/mol. The van der Waals surface area contributed by atoms with Crippen LogP contribution in [0.5, 0.6) is 0 Å². The van der Waals surface area contributed by atoms with Crippen molar-refractivity contribution in [1.29, 1.82) is 0 Å². The lowest BCUT2D eigenvalue weighted by molar-refractivity contribution is 0.830. The van der Waals surface area contributed by atoms with E-state index in [4.69, 9.17) is 10.7 Å². The highest BCUT2D eigenvalue weighted by molar-refractivity contribution is 7.18. The Morgan fingerprint density at radius 3 is 2.81 bits per heavy atom. The molecule has 0 aliphatic carbocycles. The number of nitrogens with zero attached hydrogens (tertiary/aromatic N) is 2. The number of benzene rings is 2. The molecule has 2 aromatic carbocycles. The molecule has 0 bridgehead atoms. The number of nitrogens with two attached hydrogens (primary N) is 1. The van der Waals surface area contributed by atoms with Crippen LogP contribution in [-0.4, -0.2) is 9.55 Å². The number of hydrogen-bond acceptors (Lipinski definition) is 3. The maximum atomic E-state index is 5.81. The zero-order valence-corrected chi connectivity index (χ0v) is 12.3. The first kappa shape index (κ1) is 12.6. The summed E-state index contributed by atoms with van der Waals surface area (Å²) in [7, 11) is 0. The van der Waals surface area contributed by atoms with Crippen molar-refractivity contribution in [1.82, 2.24) is 9.55 Å². The van der Waals surface area contributed by atoms with Crippen molar-refractivity contribution >= 4 is 32.5 Å². The maximum Gasteiger partial charge on any atom is 0.114 e. The van der Waals surface area contributed by atoms with Gasteiger partial charge in [-0.15, -0.1) is 11.3 Å². The van der Waals surface area contributed by atoms with Gasteiger partial charge in [-0.1, -0.05) is 24.3 Å². The van der Waals surface area contributed by atoms with Crippen LogP contribution in [0.1, 0.15) is 10.6 Å². The van der Waals surface area contributed by atoms with Crippen LogP contribution in [0.3, 0.4) is 0 Å². The minimum Gasteiger partial charge on any atom is -0.341 e. The molecule has 0 spiro atoms. The van der Waals surface area contributed by atoms with Crippen LogP contribution >= 0.6 is 11.3 Å². The molecule has 3 nitrogen and oxygen atoms in total. The van der Waals surface area contributed by atoms with Crippen LogP contribution in [0.15, 0.2) is 54.7 Å². The topological polar surface area (TPSA) is 43.8 Å². The summed E-state index contributed by atoms with van der Waals surface area (Å²) in [5.74, 6) is 0. The van der Waals surface area contributed by atoms with Gasteiger partial charge < -0.3 is 10.3 Å². The molecule has 0 saturated heterocycles. The largest absolute Gasteiger partial charge is 0.341 e. The predicted molar refractivity (Wildman–Crippen MR) is 88.6 cm³/mol. The second-order valence-electron chi connectivity index (χ2n) is 5.07. The average molecular weight is 293 g/mol. The van der Waals surface area contributed by atoms with E-state index in [1.54, 1.807) is 11.3 Å². The van der Waals surface area contributed by atoms with Gasteiger partial charge in [-0.05, 0) is 29.8 Å². The summed E-state index contributed by atoms with van der Waals surface area (Å²) in [4.78, 5) is 4.71. The molecule has 0 radical (unpaired) electrons. The van der Waals surface area contributed by atoms with Gasteiger partial charge >= 0.3 is 0 Å². The Balaban J connectivity index is 1.77. The van der Waals surface area contributed by atoms with E-state index in [0.29, 0.717) is 6.54 Å². The van der Waals surface area contributed by atoms with Gasteiger partial charge in [-0.25, -0.2) is 4.98 Å². The summed E-state index contributed by atoms with van der Waals surface area (Å²) in [5.41, 5.74) is 9.30. The standard InChI is InChI=1S/C17H15N3S/c18-10-12-4-3-6-15-13(12)8-9-20(15)11-17-19-14-5-1-2-7-16(14)21-17/h1-9H,10-11,18H2. The van der Waals surface area contributed by atoms with Crippen LogP contribution in [0.4, 0.5) is 0 Å². The minimum absolute atomic E-state index is 0.572. The second-order valence-corrected chi connectivity index (χ2v) is 6.19. The second kappa shape index (κ2) is 4.98. The molecule has 21 heavy (non-hydrogen) atoms. The van der Waals surface area contributed by atoms with E-state index in [2.05, 4.69) is 53.2 Å². The molecule has 4 aromatic rings. The first-order valence-electron chi connectivity index (χ1n) is 6.96. The van der Waals surface area contributed by atoms with E-state index in [1.165, 1.54) is 21.2 Å². The third kappa shape index (κ3) is 2.13. The number of rotatable bonds is 3. The van der Waals surface area contributed by atoms with Crippen LogP contribution in [0, 0.1) is 0 Å². The fourth-order valence-corrected chi connectivity index (χ4v) is 3.70. The molecule has 4 heteroatoms. The van der Waals surface area contributed by atoms with Crippen molar-refractivity contribution in [2.45, 2.75) is 13.1 Å². The van der Waals surface area contributed by atoms with E-state index in [9.17, 15) is 0 Å². The van der Waals surface area contributed by atoms with Crippen molar-refractivity contribution in [3.8, 4) is 0 Å². The van der Waals surface area contributed by atoms with Crippen LogP contribution in [0.2, 0.25) is 0 Å². The Bertz CT molecular complexity index is 887. The van der Waals surface area contributed by atoms with Gasteiger partial charge in [0.25, 0.3) is 0 Å². The Labute approximate surface area is 126 Å². The Kier molecular flexibility index (Phi) is 2.98. The molecule has 0 saturated carbocycles. The maximum absolute atomic E-state index is 5.81. The van der Waals surface area contributed by atoms with E-state index >= 15 is 0 Å². The molecule has 2 aromatic heterocycles. The molecule has 2 heterocycles. The number of fused-ring (bicyclic) bond motifs is 2. The summed E-state index contributed by atoms with van der Waals surface area (Å²) < 4.78 is 3.48. The van der Waals surface area contributed by atoms with Gasteiger partial charge in [0.2, 0.25) is 0 Å². The number of thiazole rings is 1. The quantitative estimate of drug-likeness (QED) is 0.625. The van der Waals surface area contributed by atoms with Gasteiger partial charge in [0.15, 0.2) is 0 Å². The molecule has 0 amide bonds. The highest BCUT2D eigenvalue weighted by Crippen LogP contribution is 2.25. The summed E-state index contributed by atoms with van der Waals surface area (Å²) in [5, 5.41) is 2.37. The summed E-state index contributed by atoms with van der Waals surface area (Å²) in [6.45, 7) is 1.37. The molecule has 0 unspecified atom stereocenters. The van der Waals surface area contributed by atoms with Gasteiger partial charge in [-0.2, -0.15) is 0 Å². The Morgan fingerprint density at radius 2 is 1.95 bits per heavy atom. The molecule has 2 N–H and O–H groups in total. The minimum atomic E-state index is 0.572. The summed E-state index contributed by atoms with van der Waals surface area (Å²) in [6, 6.07) is 16.7. The van der Waals surface area contributed by atoms with Crippen molar-refractivity contribution < 1.29 is 0 Å². The van der Waals surface area contributed by atoms with Gasteiger partial charge in [-0.3, -0.25) is 0 Å². The SMILES string of the molecule is NCc1cccc2c1ccn2Cc1nc2ccccc2s1. The van der Waals surface area contributed by atoms with Crippen LogP contribution in [-0.2, 0) is 13.1 Å². The van der Waals surface area contributed by atoms with Crippen molar-refractivity contribution in [3.05, 3.63) is 65.3 Å². The number of para-hydroxylation sites is 1. The molecule has 0 aliphatic heterocycles. The smallest absolute Gasteiger partial charge is 0.114 e. The number of aromatic nitrogens is 2. The van der Waals surface area contributed by atoms with Gasteiger partial charge in [0.05, 0.1) is 16.8 Å². The highest BCUT2D eigenvalue weighted by Gasteiger charge is 2.08. The molecule has 0 fully saturated rings. The molecular weight excluding hydrogens is 278 g/mol. The highest BCUT2D eigenvalue weighted by atomic mass is 32.1. The average Bonchev–Trinajstić information content (AvgIpc) is 3.11. The van der Waals surface area contributed by atoms with Gasteiger partial charge in [0.1, 0.15) is 5.01 Å². The number of hydrogen-bond donors (Lipinski definition) is 1. The third-order valence-corrected chi connectivity index (χ3v) is 4.79. The lowest BCUT2D eigenvalue weighted by Gasteiger charge is -2.04. The molecular formula is C17H15N3S. The third-order valence-electron chi connectivity index (χ3n) is 3.77. The van der Waals surface area contributed by atoms with E-state index in [0.717, 1.165) is 17.1 Å². The van der Waals surface area contributed by atoms with Crippen LogP contribution < -0.4 is 5.73 Å². The molecule has 0 aliphatic rings. The van der Waals surface area contributed by atoms with Crippen LogP contribution in [0.25, 0.3) is 21.1 Å². The summed E-state index contributed by atoms with van der Waals surface area (Å²) in [6.07, 6.45) is 2.12. The Hall–Kier alpha value is -2.17. The van der Waals surface area contributed by atoms with E-state index < -0.39 is 0 Å². The lowest BCUT2D eigenvalue weighted by Crippen LogP contribution is -1.99. The first-order chi connectivity index (χ1) is 10.3. The fraction of sp³-hybridized carbons (Fsp3) is 0.118. The van der Waals surface area contributed by atoms with Gasteiger partial charge in [0, 0.05) is 23.6 Å². The Morgan fingerprint density at radius 1 is 1.05 bits per heavy atom. The predicted octanol–water partition coefficient (Wildman–Crippen LogP) is 3.76. The first-order valence-corrected chi connectivity index (χ1v) is 7.78. The normalized spacial score (nSPS) is 11.5. The molecule has 4 rings (SSSR count). The molecule has 0 atom stereocenters. The van der Waals surface area contributed by atoms with Crippen molar-refractivity contribution in [2.24, 2.45) is 5.73 Å². The van der Waals surface area contributed by atoms with E-state index in [-0.39, 0.29) is 0 Å². The summed E-state index contributed by atoms with van der Waals surface area (Å²) >= 11 is 1.76.